The highest BCUT2D eigenvalue weighted by atomic mass is 16.6. The fraction of sp³-hybridized carbons (Fsp3) is 0.579. The van der Waals surface area contributed by atoms with Crippen LogP contribution in [-0.2, 0) is 9.53 Å². The van der Waals surface area contributed by atoms with E-state index in [1.165, 1.54) is 0 Å². The highest BCUT2D eigenvalue weighted by molar-refractivity contribution is 5.97. The molecule has 2 N–H and O–H groups in total. The predicted octanol–water partition coefficient (Wildman–Crippen LogP) is 1.95. The molecule has 0 bridgehead atoms. The number of carbonyl (C=O) groups is 2. The summed E-state index contributed by atoms with van der Waals surface area (Å²) in [6.07, 6.45) is 2.41. The lowest BCUT2D eigenvalue weighted by atomic mass is 9.83. The van der Waals surface area contributed by atoms with Gasteiger partial charge in [0.15, 0.2) is 5.78 Å². The number of piperidine rings is 1. The highest BCUT2D eigenvalue weighted by Crippen LogP contribution is 2.28. The van der Waals surface area contributed by atoms with E-state index in [2.05, 4.69) is 5.32 Å². The van der Waals surface area contributed by atoms with Crippen LogP contribution in [0.5, 0.6) is 5.75 Å². The van der Waals surface area contributed by atoms with E-state index < -0.39 is 5.60 Å². The number of benzene rings is 1. The number of esters is 1. The summed E-state index contributed by atoms with van der Waals surface area (Å²) in [5.41, 5.74) is 0.125. The molecule has 0 radical (unpaired) electrons. The molecule has 1 aliphatic heterocycles. The van der Waals surface area contributed by atoms with E-state index in [0.717, 1.165) is 25.9 Å². The monoisotopic (exact) mass is 334 g/mol. The molecule has 1 heterocycles. The lowest BCUT2D eigenvalue weighted by Crippen LogP contribution is -2.86. The van der Waals surface area contributed by atoms with Gasteiger partial charge >= 0.3 is 5.97 Å². The molecular weight excluding hydrogens is 306 g/mol. The Bertz CT molecular complexity index is 559. The summed E-state index contributed by atoms with van der Waals surface area (Å²) in [6.45, 7) is 6.13. The molecule has 1 aromatic rings. The third-order valence-corrected chi connectivity index (χ3v) is 4.77. The third-order valence-electron chi connectivity index (χ3n) is 4.77. The number of ketones is 1. The van der Waals surface area contributed by atoms with E-state index >= 15 is 0 Å². The van der Waals surface area contributed by atoms with Gasteiger partial charge in [0.1, 0.15) is 11.4 Å². The Morgan fingerprint density at radius 2 is 1.75 bits per heavy atom. The van der Waals surface area contributed by atoms with Crippen molar-refractivity contribution in [3.8, 4) is 5.75 Å². The van der Waals surface area contributed by atoms with Gasteiger partial charge in [-0.2, -0.15) is 0 Å². The molecule has 1 aromatic carbocycles. The molecule has 1 saturated heterocycles. The summed E-state index contributed by atoms with van der Waals surface area (Å²) < 4.78 is 10.7. The van der Waals surface area contributed by atoms with Gasteiger partial charge in [-0.05, 0) is 38.1 Å². The first kappa shape index (κ1) is 18.5. The fourth-order valence-corrected chi connectivity index (χ4v) is 3.19. The molecule has 1 aliphatic rings. The number of carbonyl (C=O) groups excluding carboxylic acids is 2. The summed E-state index contributed by atoms with van der Waals surface area (Å²) in [5, 5.41) is 2.29. The van der Waals surface area contributed by atoms with Crippen molar-refractivity contribution in [3.63, 3.8) is 0 Å². The number of nitrogens with two attached hydrogens (primary N) is 1. The van der Waals surface area contributed by atoms with Gasteiger partial charge in [0.2, 0.25) is 0 Å². The fourth-order valence-electron chi connectivity index (χ4n) is 3.19. The van der Waals surface area contributed by atoms with Gasteiger partial charge in [-0.25, -0.2) is 0 Å². The maximum Gasteiger partial charge on any atom is 0.306 e. The number of quaternary nitrogens is 1. The van der Waals surface area contributed by atoms with Gasteiger partial charge in [0.05, 0.1) is 26.6 Å². The SMILES string of the molecule is COc1ccc(C(=O)CCC(=O)OC(C)(C)C2CC[NH2+]CC2)cc1. The molecule has 2 rings (SSSR count). The van der Waals surface area contributed by atoms with Crippen molar-refractivity contribution >= 4 is 11.8 Å². The van der Waals surface area contributed by atoms with Crippen LogP contribution in [0.3, 0.4) is 0 Å². The van der Waals surface area contributed by atoms with Crippen LogP contribution in [0.25, 0.3) is 0 Å². The van der Waals surface area contributed by atoms with Crippen molar-refractivity contribution in [1.29, 1.82) is 0 Å². The summed E-state index contributed by atoms with van der Waals surface area (Å²) in [5.74, 6) is 0.747. The Kier molecular flexibility index (Phi) is 6.37. The largest absolute Gasteiger partial charge is 0.497 e. The van der Waals surface area contributed by atoms with Gasteiger partial charge in [0, 0.05) is 30.7 Å². The third kappa shape index (κ3) is 5.06. The summed E-state index contributed by atoms with van der Waals surface area (Å²) in [6, 6.07) is 6.92. The van der Waals surface area contributed by atoms with Gasteiger partial charge in [-0.3, -0.25) is 9.59 Å². The second-order valence-electron chi connectivity index (χ2n) is 6.87. The van der Waals surface area contributed by atoms with Crippen LogP contribution in [0.1, 0.15) is 49.9 Å². The van der Waals surface area contributed by atoms with Crippen molar-refractivity contribution in [2.75, 3.05) is 20.2 Å². The van der Waals surface area contributed by atoms with Crippen LogP contribution in [-0.4, -0.2) is 37.6 Å². The lowest BCUT2D eigenvalue weighted by molar-refractivity contribution is -0.665. The first-order valence-electron chi connectivity index (χ1n) is 8.63. The average Bonchev–Trinajstić information content (AvgIpc) is 2.60. The minimum Gasteiger partial charge on any atom is -0.497 e. The Hall–Kier alpha value is -1.88. The normalized spacial score (nSPS) is 15.8. The number of hydrogen-bond donors (Lipinski definition) is 1. The predicted molar refractivity (Wildman–Crippen MR) is 91.1 cm³/mol. The molecule has 24 heavy (non-hydrogen) atoms. The van der Waals surface area contributed by atoms with E-state index in [-0.39, 0.29) is 24.6 Å². The van der Waals surface area contributed by atoms with E-state index in [9.17, 15) is 9.59 Å². The first-order valence-corrected chi connectivity index (χ1v) is 8.63. The molecular formula is C19H28NO4+. The van der Waals surface area contributed by atoms with Gasteiger partial charge in [-0.15, -0.1) is 0 Å². The molecule has 1 fully saturated rings. The molecule has 0 atom stereocenters. The van der Waals surface area contributed by atoms with E-state index in [1.54, 1.807) is 31.4 Å². The maximum atomic E-state index is 12.2. The van der Waals surface area contributed by atoms with Crippen molar-refractivity contribution in [3.05, 3.63) is 29.8 Å². The number of ether oxygens (including phenoxy) is 2. The maximum absolute atomic E-state index is 12.2. The second-order valence-corrected chi connectivity index (χ2v) is 6.87. The van der Waals surface area contributed by atoms with E-state index in [4.69, 9.17) is 9.47 Å². The molecule has 0 spiro atoms. The zero-order chi connectivity index (χ0) is 17.6. The molecule has 0 saturated carbocycles. The quantitative estimate of drug-likeness (QED) is 0.611. The van der Waals surface area contributed by atoms with Crippen molar-refractivity contribution in [1.82, 2.24) is 0 Å². The highest BCUT2D eigenvalue weighted by Gasteiger charge is 2.35. The molecule has 0 unspecified atom stereocenters. The van der Waals surface area contributed by atoms with Crippen LogP contribution < -0.4 is 10.1 Å². The number of rotatable bonds is 7. The molecule has 5 nitrogen and oxygen atoms in total. The van der Waals surface area contributed by atoms with Gasteiger partial charge in [0.25, 0.3) is 0 Å². The number of methoxy groups -OCH3 is 1. The first-order chi connectivity index (χ1) is 11.4. The standard InChI is InChI=1S/C19H27NO4/c1-19(2,15-10-12-20-13-11-15)24-18(22)9-8-17(21)14-4-6-16(23-3)7-5-14/h4-7,15,20H,8-13H2,1-3H3/p+1. The van der Waals surface area contributed by atoms with Crippen LogP contribution in [0.2, 0.25) is 0 Å². The smallest absolute Gasteiger partial charge is 0.306 e. The summed E-state index contributed by atoms with van der Waals surface area (Å²) in [7, 11) is 1.58. The Morgan fingerprint density at radius 3 is 2.33 bits per heavy atom. The van der Waals surface area contributed by atoms with Crippen molar-refractivity contribution < 1.29 is 24.4 Å². The van der Waals surface area contributed by atoms with E-state index in [0.29, 0.717) is 17.2 Å². The minimum atomic E-state index is -0.464. The second kappa shape index (κ2) is 8.29. The molecule has 132 valence electrons. The van der Waals surface area contributed by atoms with Crippen LogP contribution >= 0.6 is 0 Å². The zero-order valence-corrected chi connectivity index (χ0v) is 14.8. The molecule has 5 heteroatoms. The molecule has 0 aromatic heterocycles. The number of hydrogen-bond acceptors (Lipinski definition) is 4. The Morgan fingerprint density at radius 1 is 1.12 bits per heavy atom. The zero-order valence-electron chi connectivity index (χ0n) is 14.8. The number of Topliss-reactive ketones (excluding diaryl/α,β-unsaturated/α-hetero) is 1. The van der Waals surface area contributed by atoms with Gasteiger partial charge < -0.3 is 14.8 Å². The Balaban J connectivity index is 1.82. The summed E-state index contributed by atoms with van der Waals surface area (Å²) in [4.78, 5) is 24.3. The molecule has 0 amide bonds. The van der Waals surface area contributed by atoms with Crippen molar-refractivity contribution in [2.45, 2.75) is 45.1 Å². The van der Waals surface area contributed by atoms with Crippen LogP contribution in [0.15, 0.2) is 24.3 Å². The summed E-state index contributed by atoms with van der Waals surface area (Å²) >= 11 is 0. The topological polar surface area (TPSA) is 69.2 Å². The van der Waals surface area contributed by atoms with Crippen molar-refractivity contribution in [2.24, 2.45) is 5.92 Å². The minimum absolute atomic E-state index is 0.0559. The average molecular weight is 334 g/mol. The van der Waals surface area contributed by atoms with Crippen LogP contribution in [0.4, 0.5) is 0 Å². The van der Waals surface area contributed by atoms with Crippen LogP contribution in [0, 0.1) is 5.92 Å². The van der Waals surface area contributed by atoms with Gasteiger partial charge in [-0.1, -0.05) is 0 Å². The van der Waals surface area contributed by atoms with E-state index in [1.807, 2.05) is 13.8 Å². The lowest BCUT2D eigenvalue weighted by Gasteiger charge is -2.35. The molecule has 0 aliphatic carbocycles. The Labute approximate surface area is 143 Å².